The third-order valence-electron chi connectivity index (χ3n) is 4.67. The Hall–Kier alpha value is -2.07. The zero-order valence-electron chi connectivity index (χ0n) is 14.8. The number of carbonyl (C=O) groups is 1. The number of hydrogen-bond acceptors (Lipinski definition) is 2. The van der Waals surface area contributed by atoms with E-state index in [1.807, 2.05) is 22.6 Å². The Balaban J connectivity index is 1.70. The van der Waals surface area contributed by atoms with E-state index in [4.69, 9.17) is 11.6 Å². The van der Waals surface area contributed by atoms with Crippen LogP contribution in [0.1, 0.15) is 42.1 Å². The minimum Gasteiger partial charge on any atom is -0.334 e. The maximum Gasteiger partial charge on any atom is 0.246 e. The number of fused-ring (bicyclic) bond motifs is 1. The Bertz CT molecular complexity index is 794. The highest BCUT2D eigenvalue weighted by molar-refractivity contribution is 6.31. The van der Waals surface area contributed by atoms with Crippen molar-refractivity contribution >= 4 is 23.6 Å². The highest BCUT2D eigenvalue weighted by Gasteiger charge is 2.19. The monoisotopic (exact) mass is 357 g/mol. The van der Waals surface area contributed by atoms with Crippen molar-refractivity contribution in [3.63, 3.8) is 0 Å². The molecule has 0 aliphatic carbocycles. The summed E-state index contributed by atoms with van der Waals surface area (Å²) in [6, 6.07) is 8.31. The van der Waals surface area contributed by atoms with Gasteiger partial charge in [-0.15, -0.1) is 0 Å². The predicted octanol–water partition coefficient (Wildman–Crippen LogP) is 4.24. The first-order valence-electron chi connectivity index (χ1n) is 8.86. The number of aromatic nitrogens is 2. The van der Waals surface area contributed by atoms with Crippen LogP contribution in [0.15, 0.2) is 30.3 Å². The van der Waals surface area contributed by atoms with Crippen molar-refractivity contribution in [2.24, 2.45) is 0 Å². The Morgan fingerprint density at radius 1 is 1.32 bits per heavy atom. The van der Waals surface area contributed by atoms with Gasteiger partial charge in [-0.3, -0.25) is 9.48 Å². The third-order valence-corrected chi connectivity index (χ3v) is 5.07. The van der Waals surface area contributed by atoms with Crippen LogP contribution in [0, 0.1) is 6.92 Å². The van der Waals surface area contributed by atoms with Crippen LogP contribution in [0.4, 0.5) is 0 Å². The molecular formula is C20H24ClN3O. The first-order chi connectivity index (χ1) is 12.1. The number of hydrogen-bond donors (Lipinski definition) is 0. The van der Waals surface area contributed by atoms with Crippen LogP contribution in [0.25, 0.3) is 6.08 Å². The normalized spacial score (nSPS) is 14.1. The molecule has 25 heavy (non-hydrogen) atoms. The summed E-state index contributed by atoms with van der Waals surface area (Å²) in [5.41, 5.74) is 4.27. The molecule has 0 spiro atoms. The lowest BCUT2D eigenvalue weighted by Crippen LogP contribution is -2.34. The predicted molar refractivity (Wildman–Crippen MR) is 101 cm³/mol. The van der Waals surface area contributed by atoms with Gasteiger partial charge in [0.25, 0.3) is 0 Å². The molecule has 1 amide bonds. The van der Waals surface area contributed by atoms with Crippen LogP contribution < -0.4 is 0 Å². The molecule has 132 valence electrons. The maximum atomic E-state index is 12.6. The zero-order valence-corrected chi connectivity index (χ0v) is 15.6. The van der Waals surface area contributed by atoms with Crippen molar-refractivity contribution in [3.8, 4) is 0 Å². The van der Waals surface area contributed by atoms with Gasteiger partial charge in [0.1, 0.15) is 5.15 Å². The van der Waals surface area contributed by atoms with E-state index in [1.165, 1.54) is 11.1 Å². The van der Waals surface area contributed by atoms with E-state index in [-0.39, 0.29) is 5.91 Å². The van der Waals surface area contributed by atoms with Crippen LogP contribution in [0.2, 0.25) is 5.15 Å². The van der Waals surface area contributed by atoms with Crippen molar-refractivity contribution in [2.45, 2.75) is 46.2 Å². The van der Waals surface area contributed by atoms with E-state index in [2.05, 4.69) is 30.2 Å². The Morgan fingerprint density at radius 3 is 2.84 bits per heavy atom. The third kappa shape index (κ3) is 3.96. The van der Waals surface area contributed by atoms with Crippen LogP contribution in [-0.2, 0) is 24.3 Å². The second-order valence-electron chi connectivity index (χ2n) is 6.48. The lowest BCUT2D eigenvalue weighted by atomic mass is 10.00. The molecule has 1 aromatic heterocycles. The van der Waals surface area contributed by atoms with Gasteiger partial charge >= 0.3 is 0 Å². The summed E-state index contributed by atoms with van der Waals surface area (Å²) in [5, 5.41) is 5.09. The molecule has 0 N–H and O–H groups in total. The van der Waals surface area contributed by atoms with Gasteiger partial charge < -0.3 is 4.90 Å². The minimum absolute atomic E-state index is 0.0197. The molecule has 5 heteroatoms. The quantitative estimate of drug-likeness (QED) is 0.750. The second-order valence-corrected chi connectivity index (χ2v) is 6.84. The fourth-order valence-corrected chi connectivity index (χ4v) is 3.48. The van der Waals surface area contributed by atoms with Gasteiger partial charge in [-0.2, -0.15) is 5.10 Å². The fraction of sp³-hybridized carbons (Fsp3) is 0.400. The number of aryl methyl sites for hydroxylation is 2. The van der Waals surface area contributed by atoms with Gasteiger partial charge in [-0.25, -0.2) is 0 Å². The maximum absolute atomic E-state index is 12.6. The molecule has 2 heterocycles. The average Bonchev–Trinajstić information content (AvgIpc) is 2.90. The van der Waals surface area contributed by atoms with E-state index < -0.39 is 0 Å². The van der Waals surface area contributed by atoms with Gasteiger partial charge in [0.15, 0.2) is 0 Å². The molecule has 0 unspecified atom stereocenters. The molecule has 0 atom stereocenters. The SMILES string of the molecule is CCCCn1nc(C)c(/C=C/C(=O)N2CCc3ccccc3C2)c1Cl. The molecule has 3 rings (SSSR count). The summed E-state index contributed by atoms with van der Waals surface area (Å²) in [6.45, 7) is 6.29. The average molecular weight is 358 g/mol. The van der Waals surface area contributed by atoms with Gasteiger partial charge in [-0.1, -0.05) is 49.2 Å². The summed E-state index contributed by atoms with van der Waals surface area (Å²) in [6.07, 6.45) is 6.46. The molecule has 4 nitrogen and oxygen atoms in total. The smallest absolute Gasteiger partial charge is 0.246 e. The number of amides is 1. The summed E-state index contributed by atoms with van der Waals surface area (Å²) < 4.78 is 1.82. The summed E-state index contributed by atoms with van der Waals surface area (Å²) in [7, 11) is 0. The van der Waals surface area contributed by atoms with E-state index in [0.29, 0.717) is 11.7 Å². The van der Waals surface area contributed by atoms with Crippen LogP contribution in [0.3, 0.4) is 0 Å². The standard InChI is InChI=1S/C20H24ClN3O/c1-3-4-12-24-20(21)18(15(2)22-24)9-10-19(25)23-13-11-16-7-5-6-8-17(16)14-23/h5-10H,3-4,11-14H2,1-2H3/b10-9+. The van der Waals surface area contributed by atoms with Gasteiger partial charge in [0.05, 0.1) is 5.69 Å². The van der Waals surface area contributed by atoms with Gasteiger partial charge in [-0.05, 0) is 37.0 Å². The molecule has 1 aliphatic rings. The van der Waals surface area contributed by atoms with E-state index in [0.717, 1.165) is 43.6 Å². The molecule has 0 saturated carbocycles. The lowest BCUT2D eigenvalue weighted by molar-refractivity contribution is -0.126. The molecule has 1 aliphatic heterocycles. The van der Waals surface area contributed by atoms with Crippen LogP contribution in [0.5, 0.6) is 0 Å². The number of unbranched alkanes of at least 4 members (excludes halogenated alkanes) is 1. The highest BCUT2D eigenvalue weighted by Crippen LogP contribution is 2.23. The van der Waals surface area contributed by atoms with Crippen molar-refractivity contribution in [1.82, 2.24) is 14.7 Å². The number of nitrogens with zero attached hydrogens (tertiary/aromatic N) is 3. The second kappa shape index (κ2) is 7.87. The largest absolute Gasteiger partial charge is 0.334 e. The van der Waals surface area contributed by atoms with Crippen molar-refractivity contribution in [3.05, 3.63) is 57.9 Å². The number of benzene rings is 1. The topological polar surface area (TPSA) is 38.1 Å². The molecule has 2 aromatic rings. The molecule has 0 bridgehead atoms. The summed E-state index contributed by atoms with van der Waals surface area (Å²) in [5.74, 6) is 0.0197. The zero-order chi connectivity index (χ0) is 17.8. The van der Waals surface area contributed by atoms with Crippen LogP contribution >= 0.6 is 11.6 Å². The first-order valence-corrected chi connectivity index (χ1v) is 9.24. The molecule has 0 fully saturated rings. The Labute approximate surface area is 154 Å². The number of halogens is 1. The molecule has 0 radical (unpaired) electrons. The molecular weight excluding hydrogens is 334 g/mol. The van der Waals surface area contributed by atoms with Crippen molar-refractivity contribution in [1.29, 1.82) is 0 Å². The van der Waals surface area contributed by atoms with Gasteiger partial charge in [0, 0.05) is 31.3 Å². The minimum atomic E-state index is 0.0197. The fourth-order valence-electron chi connectivity index (χ4n) is 3.16. The summed E-state index contributed by atoms with van der Waals surface area (Å²) >= 11 is 6.43. The number of rotatable bonds is 5. The lowest BCUT2D eigenvalue weighted by Gasteiger charge is -2.27. The van der Waals surface area contributed by atoms with Crippen molar-refractivity contribution in [2.75, 3.05) is 6.54 Å². The number of carbonyl (C=O) groups excluding carboxylic acids is 1. The first kappa shape index (κ1) is 17.7. The molecule has 0 saturated heterocycles. The van der Waals surface area contributed by atoms with E-state index >= 15 is 0 Å². The van der Waals surface area contributed by atoms with E-state index in [1.54, 1.807) is 12.2 Å². The highest BCUT2D eigenvalue weighted by atomic mass is 35.5. The Kier molecular flexibility index (Phi) is 5.59. The van der Waals surface area contributed by atoms with E-state index in [9.17, 15) is 4.79 Å². The van der Waals surface area contributed by atoms with Gasteiger partial charge in [0.2, 0.25) is 5.91 Å². The summed E-state index contributed by atoms with van der Waals surface area (Å²) in [4.78, 5) is 14.4. The molecule has 1 aromatic carbocycles. The van der Waals surface area contributed by atoms with Crippen molar-refractivity contribution < 1.29 is 4.79 Å². The Morgan fingerprint density at radius 2 is 2.08 bits per heavy atom. The van der Waals surface area contributed by atoms with Crippen LogP contribution in [-0.4, -0.2) is 27.1 Å².